The van der Waals surface area contributed by atoms with Gasteiger partial charge in [0.1, 0.15) is 0 Å². The standard InChI is InChI=1S/C18H19ClN4O3S2/c1-11(13-5-3-4-6-14(13)19)21-17(24)10-27-18-22-15-9-12(28(20,25)26)7-8-16(15)23(18)2/h3-9,11H,10H2,1-2H3,(H,21,24)(H2,20,25,26)/t11-/m0/s1. The zero-order valence-electron chi connectivity index (χ0n) is 15.2. The normalized spacial score (nSPS) is 12.9. The van der Waals surface area contributed by atoms with E-state index in [1.807, 2.05) is 25.1 Å². The Labute approximate surface area is 172 Å². The molecule has 0 unspecified atom stereocenters. The molecule has 1 aromatic heterocycles. The second-order valence-electron chi connectivity index (χ2n) is 6.25. The predicted molar refractivity (Wildman–Crippen MR) is 111 cm³/mol. The topological polar surface area (TPSA) is 107 Å². The van der Waals surface area contributed by atoms with Crippen molar-refractivity contribution in [2.75, 3.05) is 5.75 Å². The van der Waals surface area contributed by atoms with Gasteiger partial charge in [0.2, 0.25) is 15.9 Å². The molecule has 28 heavy (non-hydrogen) atoms. The lowest BCUT2D eigenvalue weighted by Crippen LogP contribution is -2.28. The predicted octanol–water partition coefficient (Wildman–Crippen LogP) is 2.84. The summed E-state index contributed by atoms with van der Waals surface area (Å²) in [6, 6.07) is 11.6. The Kier molecular flexibility index (Phi) is 5.99. The first-order valence-corrected chi connectivity index (χ1v) is 11.2. The average Bonchev–Trinajstić information content (AvgIpc) is 2.95. The van der Waals surface area contributed by atoms with Crippen molar-refractivity contribution in [1.29, 1.82) is 0 Å². The zero-order chi connectivity index (χ0) is 20.5. The van der Waals surface area contributed by atoms with Crippen molar-refractivity contribution in [3.63, 3.8) is 0 Å². The Morgan fingerprint density at radius 2 is 2.04 bits per heavy atom. The molecule has 1 amide bonds. The lowest BCUT2D eigenvalue weighted by atomic mass is 10.1. The van der Waals surface area contributed by atoms with E-state index in [-0.39, 0.29) is 22.6 Å². The molecule has 1 atom stereocenters. The van der Waals surface area contributed by atoms with Crippen LogP contribution in [0.1, 0.15) is 18.5 Å². The number of carbonyl (C=O) groups is 1. The van der Waals surface area contributed by atoms with E-state index in [0.717, 1.165) is 11.1 Å². The Morgan fingerprint density at radius 3 is 2.71 bits per heavy atom. The number of nitrogens with two attached hydrogens (primary N) is 1. The lowest BCUT2D eigenvalue weighted by molar-refractivity contribution is -0.119. The van der Waals surface area contributed by atoms with E-state index in [1.165, 1.54) is 23.9 Å². The Hall–Kier alpha value is -2.07. The van der Waals surface area contributed by atoms with Crippen molar-refractivity contribution < 1.29 is 13.2 Å². The molecule has 3 aromatic rings. The second-order valence-corrected chi connectivity index (χ2v) is 9.16. The highest BCUT2D eigenvalue weighted by Gasteiger charge is 2.16. The third-order valence-corrected chi connectivity index (χ3v) is 6.51. The van der Waals surface area contributed by atoms with Crippen molar-refractivity contribution >= 4 is 50.3 Å². The molecule has 0 radical (unpaired) electrons. The van der Waals surface area contributed by atoms with Gasteiger partial charge in [0.15, 0.2) is 5.16 Å². The van der Waals surface area contributed by atoms with Crippen LogP contribution in [0.4, 0.5) is 0 Å². The maximum Gasteiger partial charge on any atom is 0.238 e. The number of primary sulfonamides is 1. The van der Waals surface area contributed by atoms with Crippen LogP contribution < -0.4 is 10.5 Å². The van der Waals surface area contributed by atoms with Crippen LogP contribution in [0.15, 0.2) is 52.5 Å². The SMILES string of the molecule is C[C@H](NC(=O)CSc1nc2cc(S(N)(=O)=O)ccc2n1C)c1ccccc1Cl. The molecule has 0 aliphatic heterocycles. The molecular weight excluding hydrogens is 420 g/mol. The van der Waals surface area contributed by atoms with Crippen molar-refractivity contribution in [2.45, 2.75) is 23.0 Å². The Bertz CT molecular complexity index is 1140. The number of amides is 1. The fourth-order valence-corrected chi connectivity index (χ4v) is 4.41. The van der Waals surface area contributed by atoms with E-state index >= 15 is 0 Å². The van der Waals surface area contributed by atoms with Gasteiger partial charge in [-0.2, -0.15) is 0 Å². The van der Waals surface area contributed by atoms with Crippen LogP contribution in [0.25, 0.3) is 11.0 Å². The van der Waals surface area contributed by atoms with Gasteiger partial charge in [0, 0.05) is 12.1 Å². The van der Waals surface area contributed by atoms with Crippen LogP contribution in [-0.4, -0.2) is 29.6 Å². The number of aromatic nitrogens is 2. The molecule has 0 aliphatic carbocycles. The van der Waals surface area contributed by atoms with Crippen molar-refractivity contribution in [1.82, 2.24) is 14.9 Å². The average molecular weight is 439 g/mol. The number of carbonyl (C=O) groups excluding carboxylic acids is 1. The van der Waals surface area contributed by atoms with Crippen molar-refractivity contribution in [3.05, 3.63) is 53.1 Å². The van der Waals surface area contributed by atoms with E-state index < -0.39 is 10.0 Å². The summed E-state index contributed by atoms with van der Waals surface area (Å²) in [5.74, 6) is 0.00303. The minimum atomic E-state index is -3.80. The van der Waals surface area contributed by atoms with Gasteiger partial charge in [-0.3, -0.25) is 4.79 Å². The van der Waals surface area contributed by atoms with Crippen LogP contribution in [0.5, 0.6) is 0 Å². The summed E-state index contributed by atoms with van der Waals surface area (Å²) in [4.78, 5) is 16.7. The molecule has 0 saturated carbocycles. The van der Waals surface area contributed by atoms with Gasteiger partial charge in [-0.1, -0.05) is 41.6 Å². The van der Waals surface area contributed by atoms with E-state index in [4.69, 9.17) is 16.7 Å². The number of fused-ring (bicyclic) bond motifs is 1. The summed E-state index contributed by atoms with van der Waals surface area (Å²) in [7, 11) is -1.99. The first-order chi connectivity index (χ1) is 13.2. The molecule has 3 rings (SSSR count). The van der Waals surface area contributed by atoms with Gasteiger partial charge in [-0.05, 0) is 36.8 Å². The minimum absolute atomic E-state index is 0.000887. The number of aryl methyl sites for hydroxylation is 1. The first kappa shape index (κ1) is 20.7. The molecule has 0 spiro atoms. The molecule has 1 heterocycles. The molecule has 7 nitrogen and oxygen atoms in total. The molecule has 3 N–H and O–H groups in total. The smallest absolute Gasteiger partial charge is 0.238 e. The first-order valence-electron chi connectivity index (χ1n) is 8.32. The minimum Gasteiger partial charge on any atom is -0.349 e. The maximum absolute atomic E-state index is 12.3. The van der Waals surface area contributed by atoms with E-state index in [2.05, 4.69) is 10.3 Å². The third kappa shape index (κ3) is 4.49. The van der Waals surface area contributed by atoms with Crippen LogP contribution >= 0.6 is 23.4 Å². The van der Waals surface area contributed by atoms with E-state index in [9.17, 15) is 13.2 Å². The number of nitrogens with one attached hydrogen (secondary N) is 1. The number of hydrogen-bond acceptors (Lipinski definition) is 5. The molecule has 10 heteroatoms. The number of imidazole rings is 1. The van der Waals surface area contributed by atoms with Crippen molar-refractivity contribution in [2.24, 2.45) is 12.2 Å². The number of nitrogens with zero attached hydrogens (tertiary/aromatic N) is 2. The summed E-state index contributed by atoms with van der Waals surface area (Å²) in [5.41, 5.74) is 2.10. The molecule has 0 bridgehead atoms. The van der Waals surface area contributed by atoms with Gasteiger partial charge in [-0.25, -0.2) is 18.5 Å². The van der Waals surface area contributed by atoms with Gasteiger partial charge < -0.3 is 9.88 Å². The zero-order valence-corrected chi connectivity index (χ0v) is 17.6. The van der Waals surface area contributed by atoms with Crippen LogP contribution in [0, 0.1) is 0 Å². The summed E-state index contributed by atoms with van der Waals surface area (Å²) >= 11 is 7.43. The van der Waals surface area contributed by atoms with Gasteiger partial charge in [0.25, 0.3) is 0 Å². The number of halogens is 1. The van der Waals surface area contributed by atoms with Crippen LogP contribution in [0.2, 0.25) is 5.02 Å². The summed E-state index contributed by atoms with van der Waals surface area (Å²) in [6.07, 6.45) is 0. The third-order valence-electron chi connectivity index (χ3n) is 4.22. The Morgan fingerprint density at radius 1 is 1.32 bits per heavy atom. The molecule has 0 aliphatic rings. The maximum atomic E-state index is 12.3. The molecular formula is C18H19ClN4O3S2. The number of rotatable bonds is 6. The van der Waals surface area contributed by atoms with Gasteiger partial charge in [-0.15, -0.1) is 0 Å². The molecule has 148 valence electrons. The lowest BCUT2D eigenvalue weighted by Gasteiger charge is -2.15. The molecule has 0 saturated heterocycles. The highest BCUT2D eigenvalue weighted by molar-refractivity contribution is 7.99. The fourth-order valence-electron chi connectivity index (χ4n) is 2.78. The number of thioether (sulfide) groups is 1. The van der Waals surface area contributed by atoms with Crippen LogP contribution in [0.3, 0.4) is 0 Å². The number of hydrogen-bond donors (Lipinski definition) is 2. The van der Waals surface area contributed by atoms with Crippen LogP contribution in [-0.2, 0) is 21.9 Å². The molecule has 2 aromatic carbocycles. The molecule has 0 fully saturated rings. The largest absolute Gasteiger partial charge is 0.349 e. The highest BCUT2D eigenvalue weighted by Crippen LogP contribution is 2.25. The quantitative estimate of drug-likeness (QED) is 0.575. The monoisotopic (exact) mass is 438 g/mol. The summed E-state index contributed by atoms with van der Waals surface area (Å²) < 4.78 is 24.8. The van der Waals surface area contributed by atoms with E-state index in [0.29, 0.717) is 15.7 Å². The highest BCUT2D eigenvalue weighted by atomic mass is 35.5. The van der Waals surface area contributed by atoms with Gasteiger partial charge in [0.05, 0.1) is 27.7 Å². The van der Waals surface area contributed by atoms with E-state index in [1.54, 1.807) is 23.7 Å². The Balaban J connectivity index is 1.70. The summed E-state index contributed by atoms with van der Waals surface area (Å²) in [5, 5.41) is 9.28. The summed E-state index contributed by atoms with van der Waals surface area (Å²) in [6.45, 7) is 1.87. The second kappa shape index (κ2) is 8.12. The number of benzene rings is 2. The van der Waals surface area contributed by atoms with Crippen molar-refractivity contribution in [3.8, 4) is 0 Å². The fraction of sp³-hybridized carbons (Fsp3) is 0.222. The number of sulfonamides is 1. The van der Waals surface area contributed by atoms with Gasteiger partial charge >= 0.3 is 0 Å².